The molecule has 0 aromatic carbocycles. The quantitative estimate of drug-likeness (QED) is 0.0515. The maximum absolute atomic E-state index is 12.4. The molecule has 0 N–H and O–H groups in total. The number of esters is 1. The van der Waals surface area contributed by atoms with Gasteiger partial charge in [0.2, 0.25) is 5.91 Å². The Morgan fingerprint density at radius 3 is 1.60 bits per heavy atom. The predicted octanol–water partition coefficient (Wildman–Crippen LogP) is 9.13. The minimum atomic E-state index is -0.167. The van der Waals surface area contributed by atoms with Crippen LogP contribution in [-0.2, 0) is 19.1 Å². The molecule has 1 rings (SSSR count). The normalized spacial score (nSPS) is 13.8. The summed E-state index contributed by atoms with van der Waals surface area (Å²) in [5.74, 6) is 0.687. The Morgan fingerprint density at radius 2 is 1.10 bits per heavy atom. The molecule has 6 heteroatoms. The number of amides is 1. The van der Waals surface area contributed by atoms with Crippen LogP contribution in [0.5, 0.6) is 0 Å². The Hall–Kier alpha value is -1.56. The molecule has 1 amide bonds. The highest BCUT2D eigenvalue weighted by molar-refractivity contribution is 5.77. The van der Waals surface area contributed by atoms with Gasteiger partial charge in [-0.05, 0) is 12.8 Å². The first-order valence-corrected chi connectivity index (χ1v) is 17.1. The zero-order valence-corrected chi connectivity index (χ0v) is 26.5. The average Bonchev–Trinajstić information content (AvgIpc) is 3.31. The summed E-state index contributed by atoms with van der Waals surface area (Å²) in [5, 5.41) is 3.75. The van der Waals surface area contributed by atoms with E-state index in [-0.39, 0.29) is 11.9 Å². The third-order valence-electron chi connectivity index (χ3n) is 7.95. The number of rotatable bonds is 29. The number of hydrogen-bond acceptors (Lipinski definition) is 5. The van der Waals surface area contributed by atoms with E-state index in [0.29, 0.717) is 52.1 Å². The van der Waals surface area contributed by atoms with Crippen LogP contribution in [0.2, 0.25) is 0 Å². The van der Waals surface area contributed by atoms with E-state index in [1.54, 1.807) is 5.01 Å². The SMILES string of the molecule is C=C(CCN1C(=O)CCN1CCC(=O)OCCCCCCCCCCCC)OCCCCCCCCCCCC. The maximum Gasteiger partial charge on any atom is 0.307 e. The zero-order valence-electron chi connectivity index (χ0n) is 26.5. The number of carbonyl (C=O) groups excluding carboxylic acids is 2. The van der Waals surface area contributed by atoms with Gasteiger partial charge >= 0.3 is 5.97 Å². The van der Waals surface area contributed by atoms with Gasteiger partial charge in [0.15, 0.2) is 0 Å². The smallest absolute Gasteiger partial charge is 0.307 e. The number of hydrogen-bond donors (Lipinski definition) is 0. The van der Waals surface area contributed by atoms with Crippen molar-refractivity contribution in [3.05, 3.63) is 12.3 Å². The average molecular weight is 565 g/mol. The van der Waals surface area contributed by atoms with Crippen molar-refractivity contribution in [2.75, 3.05) is 32.8 Å². The molecule has 0 saturated carbocycles. The second-order valence-electron chi connectivity index (χ2n) is 11.7. The molecule has 1 fully saturated rings. The highest BCUT2D eigenvalue weighted by Gasteiger charge is 2.29. The van der Waals surface area contributed by atoms with Crippen molar-refractivity contribution in [2.45, 2.75) is 162 Å². The maximum atomic E-state index is 12.4. The highest BCUT2D eigenvalue weighted by Crippen LogP contribution is 2.16. The molecule has 6 nitrogen and oxygen atoms in total. The van der Waals surface area contributed by atoms with E-state index in [2.05, 4.69) is 20.4 Å². The van der Waals surface area contributed by atoms with Crippen molar-refractivity contribution in [2.24, 2.45) is 0 Å². The van der Waals surface area contributed by atoms with E-state index in [0.717, 1.165) is 25.0 Å². The number of ether oxygens (including phenoxy) is 2. The summed E-state index contributed by atoms with van der Waals surface area (Å²) in [7, 11) is 0. The van der Waals surface area contributed by atoms with E-state index >= 15 is 0 Å². The van der Waals surface area contributed by atoms with E-state index in [1.165, 1.54) is 109 Å². The molecular formula is C34H64N2O4. The summed E-state index contributed by atoms with van der Waals surface area (Å²) in [6, 6.07) is 0. The molecule has 1 aliphatic rings. The fourth-order valence-corrected chi connectivity index (χ4v) is 5.31. The van der Waals surface area contributed by atoms with Gasteiger partial charge in [0, 0.05) is 32.5 Å². The lowest BCUT2D eigenvalue weighted by molar-refractivity contribution is -0.147. The van der Waals surface area contributed by atoms with Crippen LogP contribution >= 0.6 is 0 Å². The number of nitrogens with zero attached hydrogens (tertiary/aromatic N) is 2. The summed E-state index contributed by atoms with van der Waals surface area (Å²) in [6.07, 6.45) is 27.2. The first-order valence-electron chi connectivity index (χ1n) is 17.1. The predicted molar refractivity (Wildman–Crippen MR) is 167 cm³/mol. The molecule has 0 bridgehead atoms. The first-order chi connectivity index (χ1) is 19.6. The summed E-state index contributed by atoms with van der Waals surface area (Å²) in [5.41, 5.74) is 0. The summed E-state index contributed by atoms with van der Waals surface area (Å²) >= 11 is 0. The van der Waals surface area contributed by atoms with E-state index in [1.807, 2.05) is 5.01 Å². The Labute approximate surface area is 247 Å². The van der Waals surface area contributed by atoms with E-state index in [4.69, 9.17) is 9.47 Å². The molecule has 0 aliphatic carbocycles. The lowest BCUT2D eigenvalue weighted by Crippen LogP contribution is -2.41. The van der Waals surface area contributed by atoms with Gasteiger partial charge in [-0.2, -0.15) is 0 Å². The standard InChI is InChI=1S/C34H64N2O4/c1-4-6-8-10-12-14-16-18-20-22-30-39-32(3)24-29-36-33(37)25-27-35(36)28-26-34(38)40-31-23-21-19-17-15-13-11-9-7-5-2/h3-31H2,1-2H3. The van der Waals surface area contributed by atoms with Gasteiger partial charge in [0.1, 0.15) is 0 Å². The molecule has 1 aliphatic heterocycles. The fourth-order valence-electron chi connectivity index (χ4n) is 5.31. The van der Waals surface area contributed by atoms with Crippen molar-refractivity contribution < 1.29 is 19.1 Å². The molecule has 0 spiro atoms. The van der Waals surface area contributed by atoms with Crippen molar-refractivity contribution in [3.63, 3.8) is 0 Å². The molecule has 0 aromatic rings. The minimum absolute atomic E-state index is 0.112. The van der Waals surface area contributed by atoms with Crippen molar-refractivity contribution in [1.29, 1.82) is 0 Å². The van der Waals surface area contributed by atoms with Gasteiger partial charge in [-0.15, -0.1) is 0 Å². The summed E-state index contributed by atoms with van der Waals surface area (Å²) in [4.78, 5) is 24.6. The van der Waals surface area contributed by atoms with Crippen LogP contribution in [0.3, 0.4) is 0 Å². The zero-order chi connectivity index (χ0) is 29.1. The highest BCUT2D eigenvalue weighted by atomic mass is 16.5. The van der Waals surface area contributed by atoms with Crippen LogP contribution in [0, 0.1) is 0 Å². The largest absolute Gasteiger partial charge is 0.498 e. The molecule has 234 valence electrons. The van der Waals surface area contributed by atoms with E-state index in [9.17, 15) is 9.59 Å². The van der Waals surface area contributed by atoms with Gasteiger partial charge in [0.05, 0.1) is 25.4 Å². The number of hydrazine groups is 1. The second-order valence-corrected chi connectivity index (χ2v) is 11.7. The van der Waals surface area contributed by atoms with Crippen LogP contribution in [-0.4, -0.2) is 54.7 Å². The Morgan fingerprint density at radius 1 is 0.650 bits per heavy atom. The molecule has 0 unspecified atom stereocenters. The lowest BCUT2D eigenvalue weighted by Gasteiger charge is -2.28. The Kier molecular flexibility index (Phi) is 24.0. The third-order valence-corrected chi connectivity index (χ3v) is 7.95. The lowest BCUT2D eigenvalue weighted by atomic mass is 10.1. The molecule has 0 atom stereocenters. The van der Waals surface area contributed by atoms with Crippen LogP contribution in [0.15, 0.2) is 12.3 Å². The molecular weight excluding hydrogens is 500 g/mol. The molecule has 0 radical (unpaired) electrons. The van der Waals surface area contributed by atoms with Gasteiger partial charge in [-0.3, -0.25) is 14.6 Å². The van der Waals surface area contributed by atoms with Crippen LogP contribution in [0.4, 0.5) is 0 Å². The third kappa shape index (κ3) is 20.3. The topological polar surface area (TPSA) is 59.1 Å². The first kappa shape index (κ1) is 36.5. The number of carbonyl (C=O) groups is 2. The van der Waals surface area contributed by atoms with Gasteiger partial charge in [0.25, 0.3) is 0 Å². The second kappa shape index (κ2) is 26.3. The van der Waals surface area contributed by atoms with Crippen LogP contribution in [0.1, 0.15) is 162 Å². The molecule has 0 aromatic heterocycles. The van der Waals surface area contributed by atoms with Gasteiger partial charge in [-0.1, -0.05) is 136 Å². The van der Waals surface area contributed by atoms with Gasteiger partial charge in [-0.25, -0.2) is 5.01 Å². The number of unbranched alkanes of at least 4 members (excludes halogenated alkanes) is 18. The monoisotopic (exact) mass is 564 g/mol. The van der Waals surface area contributed by atoms with Crippen LogP contribution < -0.4 is 0 Å². The van der Waals surface area contributed by atoms with Crippen LogP contribution in [0.25, 0.3) is 0 Å². The fraction of sp³-hybridized carbons (Fsp3) is 0.882. The van der Waals surface area contributed by atoms with Crippen molar-refractivity contribution in [3.8, 4) is 0 Å². The van der Waals surface area contributed by atoms with Gasteiger partial charge < -0.3 is 9.47 Å². The minimum Gasteiger partial charge on any atom is -0.498 e. The van der Waals surface area contributed by atoms with Crippen molar-refractivity contribution in [1.82, 2.24) is 10.0 Å². The molecule has 1 heterocycles. The van der Waals surface area contributed by atoms with Crippen molar-refractivity contribution >= 4 is 11.9 Å². The molecule has 40 heavy (non-hydrogen) atoms. The Bertz CT molecular complexity index is 639. The summed E-state index contributed by atoms with van der Waals surface area (Å²) < 4.78 is 11.3. The van der Waals surface area contributed by atoms with E-state index < -0.39 is 0 Å². The summed E-state index contributed by atoms with van der Waals surface area (Å²) in [6.45, 7) is 11.5. The Balaban J connectivity index is 2.02. The molecule has 1 saturated heterocycles.